The van der Waals surface area contributed by atoms with Gasteiger partial charge in [-0.2, -0.15) is 4.31 Å². The molecular formula is C20H27N3O4S. The van der Waals surface area contributed by atoms with E-state index >= 15 is 0 Å². The van der Waals surface area contributed by atoms with Crippen molar-refractivity contribution in [2.24, 2.45) is 0 Å². The zero-order valence-corrected chi connectivity index (χ0v) is 17.3. The van der Waals surface area contributed by atoms with Crippen LogP contribution in [0.2, 0.25) is 0 Å². The maximum Gasteiger partial charge on any atom is 0.260 e. The van der Waals surface area contributed by atoms with Gasteiger partial charge in [0.2, 0.25) is 10.0 Å². The summed E-state index contributed by atoms with van der Waals surface area (Å²) >= 11 is 0. The Hall–Kier alpha value is -2.45. The molecular weight excluding hydrogens is 378 g/mol. The van der Waals surface area contributed by atoms with E-state index in [-0.39, 0.29) is 12.5 Å². The van der Waals surface area contributed by atoms with Gasteiger partial charge in [0.25, 0.3) is 5.91 Å². The van der Waals surface area contributed by atoms with E-state index in [0.29, 0.717) is 25.3 Å². The van der Waals surface area contributed by atoms with Gasteiger partial charge in [0.05, 0.1) is 6.26 Å². The zero-order valence-electron chi connectivity index (χ0n) is 16.5. The molecule has 0 radical (unpaired) electrons. The fourth-order valence-corrected chi connectivity index (χ4v) is 3.39. The molecule has 0 aliphatic carbocycles. The highest BCUT2D eigenvalue weighted by atomic mass is 32.2. The molecule has 7 nitrogen and oxygen atoms in total. The molecule has 0 saturated heterocycles. The Kier molecular flexibility index (Phi) is 7.95. The van der Waals surface area contributed by atoms with Crippen LogP contribution in [0.5, 0.6) is 5.75 Å². The largest absolute Gasteiger partial charge is 0.481 e. The lowest BCUT2D eigenvalue weighted by atomic mass is 10.2. The van der Waals surface area contributed by atoms with Gasteiger partial charge in [-0.05, 0) is 44.0 Å². The van der Waals surface area contributed by atoms with Crippen LogP contribution >= 0.6 is 0 Å². The number of carbonyl (C=O) groups excluding carboxylic acids is 1. The highest BCUT2D eigenvalue weighted by Gasteiger charge is 2.18. The SMILES string of the molecule is Cc1ccc(O[C@@H](C)C(=O)NCCCN(Cc2cccnc2)S(C)(=O)=O)cc1. The van der Waals surface area contributed by atoms with E-state index in [4.69, 9.17) is 4.74 Å². The predicted molar refractivity (Wildman–Crippen MR) is 108 cm³/mol. The number of hydrogen-bond donors (Lipinski definition) is 1. The number of pyridine rings is 1. The van der Waals surface area contributed by atoms with Crippen molar-refractivity contribution in [3.05, 3.63) is 59.9 Å². The molecule has 28 heavy (non-hydrogen) atoms. The van der Waals surface area contributed by atoms with Gasteiger partial charge in [-0.3, -0.25) is 9.78 Å². The first-order valence-electron chi connectivity index (χ1n) is 9.11. The second-order valence-electron chi connectivity index (χ2n) is 6.68. The summed E-state index contributed by atoms with van der Waals surface area (Å²) in [4.78, 5) is 16.2. The molecule has 0 bridgehead atoms. The van der Waals surface area contributed by atoms with Crippen LogP contribution in [-0.2, 0) is 21.4 Å². The summed E-state index contributed by atoms with van der Waals surface area (Å²) in [5.41, 5.74) is 1.93. The minimum absolute atomic E-state index is 0.237. The third kappa shape index (κ3) is 7.28. The van der Waals surface area contributed by atoms with Crippen molar-refractivity contribution in [1.29, 1.82) is 0 Å². The second-order valence-corrected chi connectivity index (χ2v) is 8.66. The third-order valence-electron chi connectivity index (χ3n) is 4.14. The van der Waals surface area contributed by atoms with Crippen LogP contribution in [-0.4, -0.2) is 49.1 Å². The molecule has 2 rings (SSSR count). The van der Waals surface area contributed by atoms with Crippen LogP contribution in [0.4, 0.5) is 0 Å². The van der Waals surface area contributed by atoms with Crippen LogP contribution in [0, 0.1) is 6.92 Å². The van der Waals surface area contributed by atoms with Gasteiger partial charge in [-0.25, -0.2) is 8.42 Å². The molecule has 0 fully saturated rings. The van der Waals surface area contributed by atoms with Gasteiger partial charge in [0.15, 0.2) is 6.10 Å². The van der Waals surface area contributed by atoms with E-state index in [0.717, 1.165) is 11.1 Å². The molecule has 0 unspecified atom stereocenters. The van der Waals surface area contributed by atoms with Crippen LogP contribution in [0.1, 0.15) is 24.5 Å². The molecule has 1 N–H and O–H groups in total. The maximum absolute atomic E-state index is 12.2. The van der Waals surface area contributed by atoms with Gasteiger partial charge in [0, 0.05) is 32.0 Å². The van der Waals surface area contributed by atoms with Crippen molar-refractivity contribution in [3.8, 4) is 5.75 Å². The Morgan fingerprint density at radius 3 is 2.57 bits per heavy atom. The predicted octanol–water partition coefficient (Wildman–Crippen LogP) is 2.13. The minimum Gasteiger partial charge on any atom is -0.481 e. The fraction of sp³-hybridized carbons (Fsp3) is 0.400. The van der Waals surface area contributed by atoms with Crippen molar-refractivity contribution >= 4 is 15.9 Å². The Morgan fingerprint density at radius 2 is 1.96 bits per heavy atom. The van der Waals surface area contributed by atoms with Gasteiger partial charge < -0.3 is 10.1 Å². The van der Waals surface area contributed by atoms with E-state index in [1.54, 1.807) is 25.4 Å². The molecule has 0 saturated carbocycles. The summed E-state index contributed by atoms with van der Waals surface area (Å²) in [6.07, 6.45) is 4.33. The Morgan fingerprint density at radius 1 is 1.25 bits per heavy atom. The number of carbonyl (C=O) groups is 1. The van der Waals surface area contributed by atoms with E-state index in [9.17, 15) is 13.2 Å². The summed E-state index contributed by atoms with van der Waals surface area (Å²) in [5.74, 6) is 0.395. The number of aryl methyl sites for hydroxylation is 1. The van der Waals surface area contributed by atoms with Crippen molar-refractivity contribution in [3.63, 3.8) is 0 Å². The molecule has 0 aliphatic rings. The molecule has 1 aromatic carbocycles. The van der Waals surface area contributed by atoms with Crippen molar-refractivity contribution in [1.82, 2.24) is 14.6 Å². The monoisotopic (exact) mass is 405 g/mol. The molecule has 1 atom stereocenters. The number of nitrogens with zero attached hydrogens (tertiary/aromatic N) is 2. The fourth-order valence-electron chi connectivity index (χ4n) is 2.54. The number of ether oxygens (including phenoxy) is 1. The highest BCUT2D eigenvalue weighted by Crippen LogP contribution is 2.13. The molecule has 2 aromatic rings. The summed E-state index contributed by atoms with van der Waals surface area (Å²) in [6.45, 7) is 4.59. The van der Waals surface area contributed by atoms with Crippen molar-refractivity contribution in [2.75, 3.05) is 19.3 Å². The lowest BCUT2D eigenvalue weighted by molar-refractivity contribution is -0.127. The average Bonchev–Trinajstić information content (AvgIpc) is 2.65. The Labute approximate surface area is 166 Å². The lowest BCUT2D eigenvalue weighted by Gasteiger charge is -2.20. The highest BCUT2D eigenvalue weighted by molar-refractivity contribution is 7.88. The van der Waals surface area contributed by atoms with Gasteiger partial charge in [0.1, 0.15) is 5.75 Å². The molecule has 0 spiro atoms. The first-order chi connectivity index (χ1) is 13.3. The molecule has 8 heteroatoms. The second kappa shape index (κ2) is 10.2. The first-order valence-corrected chi connectivity index (χ1v) is 11.0. The maximum atomic E-state index is 12.2. The van der Waals surface area contributed by atoms with Gasteiger partial charge in [-0.1, -0.05) is 23.8 Å². The number of hydrogen-bond acceptors (Lipinski definition) is 5. The number of amides is 1. The van der Waals surface area contributed by atoms with Gasteiger partial charge >= 0.3 is 0 Å². The van der Waals surface area contributed by atoms with Gasteiger partial charge in [-0.15, -0.1) is 0 Å². The molecule has 152 valence electrons. The summed E-state index contributed by atoms with van der Waals surface area (Å²) in [5, 5.41) is 2.79. The standard InChI is InChI=1S/C20H27N3O4S/c1-16-7-9-19(10-8-16)27-17(2)20(24)22-12-5-13-23(28(3,25)26)15-18-6-4-11-21-14-18/h4,6-11,14,17H,5,12-13,15H2,1-3H3,(H,22,24)/t17-/m0/s1. The number of rotatable bonds is 10. The molecule has 1 aromatic heterocycles. The zero-order chi connectivity index (χ0) is 20.6. The Balaban J connectivity index is 1.78. The van der Waals surface area contributed by atoms with Crippen LogP contribution in [0.15, 0.2) is 48.8 Å². The van der Waals surface area contributed by atoms with E-state index in [1.807, 2.05) is 37.3 Å². The van der Waals surface area contributed by atoms with E-state index < -0.39 is 16.1 Å². The van der Waals surface area contributed by atoms with Crippen LogP contribution in [0.3, 0.4) is 0 Å². The average molecular weight is 406 g/mol. The number of aromatic nitrogens is 1. The van der Waals surface area contributed by atoms with Crippen molar-refractivity contribution < 1.29 is 17.9 Å². The third-order valence-corrected chi connectivity index (χ3v) is 5.39. The summed E-state index contributed by atoms with van der Waals surface area (Å²) in [6, 6.07) is 11.1. The first kappa shape index (κ1) is 21.8. The quantitative estimate of drug-likeness (QED) is 0.612. The molecule has 0 aliphatic heterocycles. The smallest absolute Gasteiger partial charge is 0.260 e. The number of nitrogens with one attached hydrogen (secondary N) is 1. The van der Waals surface area contributed by atoms with E-state index in [1.165, 1.54) is 10.6 Å². The summed E-state index contributed by atoms with van der Waals surface area (Å²) < 4.78 is 31.0. The summed E-state index contributed by atoms with van der Waals surface area (Å²) in [7, 11) is -3.36. The number of benzene rings is 1. The van der Waals surface area contributed by atoms with Crippen molar-refractivity contribution in [2.45, 2.75) is 32.9 Å². The molecule has 1 heterocycles. The lowest BCUT2D eigenvalue weighted by Crippen LogP contribution is -2.38. The van der Waals surface area contributed by atoms with Crippen LogP contribution < -0.4 is 10.1 Å². The topological polar surface area (TPSA) is 88.6 Å². The normalized spacial score (nSPS) is 12.6. The Bertz CT molecular complexity index is 855. The minimum atomic E-state index is -3.36. The van der Waals surface area contributed by atoms with E-state index in [2.05, 4.69) is 10.3 Å². The number of sulfonamides is 1. The van der Waals surface area contributed by atoms with Crippen LogP contribution in [0.25, 0.3) is 0 Å². The molecule has 1 amide bonds.